The number of halogens is 1. The van der Waals surface area contributed by atoms with E-state index in [0.29, 0.717) is 22.0 Å². The van der Waals surface area contributed by atoms with E-state index in [9.17, 15) is 13.2 Å². The molecule has 0 aliphatic heterocycles. The second-order valence-corrected chi connectivity index (χ2v) is 10.1. The van der Waals surface area contributed by atoms with Crippen molar-refractivity contribution in [2.75, 3.05) is 5.32 Å². The molecule has 31 heavy (non-hydrogen) atoms. The second-order valence-electron chi connectivity index (χ2n) is 7.99. The highest BCUT2D eigenvalue weighted by Gasteiger charge is 2.22. The van der Waals surface area contributed by atoms with E-state index in [2.05, 4.69) is 15.2 Å². The third-order valence-electron chi connectivity index (χ3n) is 4.71. The molecule has 2 aromatic rings. The fraction of sp³-hybridized carbons (Fsp3) is 0.364. The average molecular weight is 466 g/mol. The van der Waals surface area contributed by atoms with Gasteiger partial charge in [-0.3, -0.25) is 0 Å². The summed E-state index contributed by atoms with van der Waals surface area (Å²) in [5.74, 6) is 0.132. The maximum absolute atomic E-state index is 12.8. The molecule has 0 aromatic heterocycles. The fourth-order valence-electron chi connectivity index (χ4n) is 3.18. The number of nitrogens with one attached hydrogen (secondary N) is 2. The van der Waals surface area contributed by atoms with Gasteiger partial charge in [0.25, 0.3) is 10.0 Å². The maximum Gasteiger partial charge on any atom is 0.333 e. The normalized spacial score (nSPS) is 12.3. The molecule has 2 amide bonds. The Hall–Kier alpha value is -2.58. The molecular weight excluding hydrogens is 438 g/mol. The van der Waals surface area contributed by atoms with E-state index in [4.69, 9.17) is 16.8 Å². The van der Waals surface area contributed by atoms with Crippen molar-refractivity contribution < 1.29 is 18.4 Å². The number of oxime groups is 1. The van der Waals surface area contributed by atoms with Gasteiger partial charge in [0.2, 0.25) is 0 Å². The molecule has 3 N–H and O–H groups in total. The molecule has 0 unspecified atom stereocenters. The molecule has 0 aliphatic rings. The van der Waals surface area contributed by atoms with Crippen LogP contribution in [-0.4, -0.2) is 25.4 Å². The van der Waals surface area contributed by atoms with Gasteiger partial charge in [-0.2, -0.15) is 0 Å². The van der Waals surface area contributed by atoms with E-state index in [1.807, 2.05) is 27.7 Å². The van der Waals surface area contributed by atoms with Crippen LogP contribution in [0.25, 0.3) is 0 Å². The Bertz CT molecular complexity index is 1070. The molecule has 7 nitrogen and oxygen atoms in total. The van der Waals surface area contributed by atoms with Crippen molar-refractivity contribution in [3.05, 3.63) is 58.1 Å². The monoisotopic (exact) mass is 465 g/mol. The topological polar surface area (TPSA) is 108 Å². The molecule has 0 saturated heterocycles. The lowest BCUT2D eigenvalue weighted by atomic mass is 9.92. The maximum atomic E-state index is 12.8. The lowest BCUT2D eigenvalue weighted by molar-refractivity contribution is 0.256. The minimum absolute atomic E-state index is 0.0600. The zero-order valence-corrected chi connectivity index (χ0v) is 19.8. The van der Waals surface area contributed by atoms with Gasteiger partial charge < -0.3 is 10.5 Å². The Morgan fingerprint density at radius 3 is 2.19 bits per heavy atom. The number of carbonyl (C=O) groups is 1. The van der Waals surface area contributed by atoms with Gasteiger partial charge >= 0.3 is 6.03 Å². The van der Waals surface area contributed by atoms with E-state index >= 15 is 0 Å². The SMILES string of the molecule is CC(Cc1cccc(S(=O)(=O)NC(=O)Nc2c(C(C)C)cc(Cl)cc2C(C)C)c1)=NO. The summed E-state index contributed by atoms with van der Waals surface area (Å²) in [4.78, 5) is 12.6. The number of urea groups is 1. The average Bonchev–Trinajstić information content (AvgIpc) is 2.68. The molecule has 2 aromatic carbocycles. The molecule has 2 rings (SSSR count). The van der Waals surface area contributed by atoms with Crippen molar-refractivity contribution in [3.8, 4) is 0 Å². The van der Waals surface area contributed by atoms with Gasteiger partial charge in [0.1, 0.15) is 0 Å². The second kappa shape index (κ2) is 10.2. The molecule has 0 spiro atoms. The number of amides is 2. The van der Waals surface area contributed by atoms with Crippen molar-refractivity contribution in [2.45, 2.75) is 57.8 Å². The molecule has 0 saturated carbocycles. The molecule has 0 bridgehead atoms. The third kappa shape index (κ3) is 6.45. The highest BCUT2D eigenvalue weighted by molar-refractivity contribution is 7.90. The molecule has 9 heteroatoms. The van der Waals surface area contributed by atoms with Crippen molar-refractivity contribution in [2.24, 2.45) is 5.16 Å². The van der Waals surface area contributed by atoms with Crippen LogP contribution in [0.15, 0.2) is 46.4 Å². The fourth-order valence-corrected chi connectivity index (χ4v) is 4.39. The lowest BCUT2D eigenvalue weighted by Gasteiger charge is -2.21. The highest BCUT2D eigenvalue weighted by Crippen LogP contribution is 2.35. The van der Waals surface area contributed by atoms with Crippen LogP contribution in [0.1, 0.15) is 63.1 Å². The molecule has 0 heterocycles. The Balaban J connectivity index is 2.31. The van der Waals surface area contributed by atoms with Crippen molar-refractivity contribution in [1.82, 2.24) is 4.72 Å². The van der Waals surface area contributed by atoms with Gasteiger partial charge in [-0.15, -0.1) is 0 Å². The molecular formula is C22H28ClN3O4S. The number of anilines is 1. The number of carbonyl (C=O) groups excluding carboxylic acids is 1. The minimum Gasteiger partial charge on any atom is -0.411 e. The minimum atomic E-state index is -4.11. The number of hydrogen-bond acceptors (Lipinski definition) is 5. The summed E-state index contributed by atoms with van der Waals surface area (Å²) < 4.78 is 27.6. The van der Waals surface area contributed by atoms with Crippen LogP contribution in [0.3, 0.4) is 0 Å². The van der Waals surface area contributed by atoms with E-state index in [-0.39, 0.29) is 23.2 Å². The van der Waals surface area contributed by atoms with Gasteiger partial charge in [0.15, 0.2) is 0 Å². The van der Waals surface area contributed by atoms with Crippen LogP contribution in [0.4, 0.5) is 10.5 Å². The first-order valence-electron chi connectivity index (χ1n) is 9.88. The van der Waals surface area contributed by atoms with Gasteiger partial charge in [0.05, 0.1) is 10.6 Å². The van der Waals surface area contributed by atoms with Crippen LogP contribution >= 0.6 is 11.6 Å². The van der Waals surface area contributed by atoms with E-state index in [1.54, 1.807) is 31.2 Å². The van der Waals surface area contributed by atoms with E-state index < -0.39 is 16.1 Å². The predicted molar refractivity (Wildman–Crippen MR) is 124 cm³/mol. The Labute approximate surface area is 188 Å². The summed E-state index contributed by atoms with van der Waals surface area (Å²) in [6, 6.07) is 8.81. The lowest BCUT2D eigenvalue weighted by Crippen LogP contribution is -2.35. The number of benzene rings is 2. The number of hydrogen-bond donors (Lipinski definition) is 3. The van der Waals surface area contributed by atoms with Gasteiger partial charge in [-0.25, -0.2) is 17.9 Å². The summed E-state index contributed by atoms with van der Waals surface area (Å²) in [5, 5.41) is 15.2. The quantitative estimate of drug-likeness (QED) is 0.285. The van der Waals surface area contributed by atoms with Gasteiger partial charge in [0, 0.05) is 17.1 Å². The summed E-state index contributed by atoms with van der Waals surface area (Å²) in [7, 11) is -4.11. The third-order valence-corrected chi connectivity index (χ3v) is 6.26. The largest absolute Gasteiger partial charge is 0.411 e. The molecule has 168 valence electrons. The number of sulfonamides is 1. The zero-order chi connectivity index (χ0) is 23.3. The van der Waals surface area contributed by atoms with E-state index in [1.165, 1.54) is 12.1 Å². The van der Waals surface area contributed by atoms with Crippen molar-refractivity contribution in [1.29, 1.82) is 0 Å². The summed E-state index contributed by atoms with van der Waals surface area (Å²) in [5.41, 5.74) is 3.28. The number of nitrogens with zero attached hydrogens (tertiary/aromatic N) is 1. The first-order valence-corrected chi connectivity index (χ1v) is 11.7. The van der Waals surface area contributed by atoms with Crippen molar-refractivity contribution >= 4 is 39.1 Å². The van der Waals surface area contributed by atoms with Gasteiger partial charge in [-0.1, -0.05) is 56.6 Å². The summed E-state index contributed by atoms with van der Waals surface area (Å²) >= 11 is 6.25. The van der Waals surface area contributed by atoms with Crippen LogP contribution in [0.5, 0.6) is 0 Å². The van der Waals surface area contributed by atoms with Crippen LogP contribution in [0, 0.1) is 0 Å². The predicted octanol–water partition coefficient (Wildman–Crippen LogP) is 5.49. The van der Waals surface area contributed by atoms with Gasteiger partial charge in [-0.05, 0) is 59.7 Å². The Morgan fingerprint density at radius 2 is 1.68 bits per heavy atom. The van der Waals surface area contributed by atoms with Crippen LogP contribution < -0.4 is 10.0 Å². The molecule has 0 atom stereocenters. The summed E-state index contributed by atoms with van der Waals surface area (Å²) in [6.07, 6.45) is 0.284. The van der Waals surface area contributed by atoms with Crippen LogP contribution in [-0.2, 0) is 16.4 Å². The van der Waals surface area contributed by atoms with Crippen molar-refractivity contribution in [3.63, 3.8) is 0 Å². The smallest absolute Gasteiger partial charge is 0.333 e. The Morgan fingerprint density at radius 1 is 1.10 bits per heavy atom. The van der Waals surface area contributed by atoms with Crippen LogP contribution in [0.2, 0.25) is 5.02 Å². The molecule has 0 fully saturated rings. The van der Waals surface area contributed by atoms with E-state index in [0.717, 1.165) is 11.1 Å². The standard InChI is InChI=1S/C22H28ClN3O4S/c1-13(2)19-11-17(23)12-20(14(3)4)21(19)24-22(27)26-31(29,30)18-8-6-7-16(10-18)9-15(5)25-28/h6-8,10-14,28H,9H2,1-5H3,(H2,24,26,27). The first kappa shape index (κ1) is 24.7. The molecule has 0 aliphatic carbocycles. The Kier molecular flexibility index (Phi) is 8.08. The molecule has 0 radical (unpaired) electrons. The first-order chi connectivity index (χ1) is 14.4. The zero-order valence-electron chi connectivity index (χ0n) is 18.2. The summed E-state index contributed by atoms with van der Waals surface area (Å²) in [6.45, 7) is 9.51. The number of rotatable bonds is 7. The highest BCUT2D eigenvalue weighted by atomic mass is 35.5.